The highest BCUT2D eigenvalue weighted by Crippen LogP contribution is 2.37. The number of nitro benzene ring substituents is 1. The topological polar surface area (TPSA) is 138 Å². The van der Waals surface area contributed by atoms with Gasteiger partial charge >= 0.3 is 5.69 Å². The molecule has 240 valence electrons. The number of para-hydroxylation sites is 1. The number of nitro groups is 1. The van der Waals surface area contributed by atoms with Crippen LogP contribution in [0, 0.1) is 22.9 Å². The van der Waals surface area contributed by atoms with Crippen molar-refractivity contribution in [3.8, 4) is 22.9 Å². The molecule has 0 bridgehead atoms. The Kier molecular flexibility index (Phi) is 9.62. The number of nitrogens with one attached hydrogen (secondary N) is 1. The zero-order valence-electron chi connectivity index (χ0n) is 25.8. The standard InChI is InChI=1S/C34H29ClFN5O6/c1-19(2)25-16-26(20(3)13-30(25)46-4)33-39-28-8-6-5-7-24(28)34(43)40(33)37-17-21-14-27(35)32(29(15-21)41(44)45)47-18-31(42)38-23-11-9-22(36)10-12-23/h5-17,19H,18H2,1-4H3,(H,38,42). The molecule has 0 saturated heterocycles. The zero-order chi connectivity index (χ0) is 33.8. The first-order valence-corrected chi connectivity index (χ1v) is 14.8. The SMILES string of the molecule is COc1cc(C)c(-c2nc3ccccc3c(=O)n2N=Cc2cc(Cl)c(OCC(=O)Nc3ccc(F)cc3)c([N+](=O)[O-])c2)cc1C(C)C. The van der Waals surface area contributed by atoms with Gasteiger partial charge in [-0.15, -0.1) is 0 Å². The van der Waals surface area contributed by atoms with E-state index in [-0.39, 0.29) is 28.1 Å². The van der Waals surface area contributed by atoms with Crippen molar-refractivity contribution >= 4 is 46.0 Å². The molecule has 11 nitrogen and oxygen atoms in total. The number of methoxy groups -OCH3 is 1. The Morgan fingerprint density at radius 1 is 1.15 bits per heavy atom. The lowest BCUT2D eigenvalue weighted by atomic mass is 9.96. The van der Waals surface area contributed by atoms with E-state index in [1.54, 1.807) is 31.4 Å². The molecule has 47 heavy (non-hydrogen) atoms. The van der Waals surface area contributed by atoms with Crippen LogP contribution in [-0.2, 0) is 4.79 Å². The van der Waals surface area contributed by atoms with Gasteiger partial charge in [-0.3, -0.25) is 19.7 Å². The number of nitrogens with zero attached hydrogens (tertiary/aromatic N) is 4. The van der Waals surface area contributed by atoms with Gasteiger partial charge in [-0.2, -0.15) is 9.78 Å². The summed E-state index contributed by atoms with van der Waals surface area (Å²) in [6.45, 7) is 5.32. The van der Waals surface area contributed by atoms with Crippen molar-refractivity contribution in [2.24, 2.45) is 5.10 Å². The summed E-state index contributed by atoms with van der Waals surface area (Å²) >= 11 is 6.40. The number of fused-ring (bicyclic) bond motifs is 1. The molecule has 4 aromatic carbocycles. The van der Waals surface area contributed by atoms with Crippen LogP contribution in [-0.4, -0.2) is 40.4 Å². The van der Waals surface area contributed by atoms with E-state index in [2.05, 4.69) is 10.4 Å². The predicted molar refractivity (Wildman–Crippen MR) is 178 cm³/mol. The third-order valence-corrected chi connectivity index (χ3v) is 7.52. The summed E-state index contributed by atoms with van der Waals surface area (Å²) in [5.74, 6) is -0.372. The average molecular weight is 658 g/mol. The Balaban J connectivity index is 1.53. The second kappa shape index (κ2) is 13.8. The maximum Gasteiger partial charge on any atom is 0.313 e. The molecule has 0 saturated carbocycles. The van der Waals surface area contributed by atoms with Gasteiger partial charge in [0.05, 0.1) is 34.2 Å². The lowest BCUT2D eigenvalue weighted by Crippen LogP contribution is -2.21. The number of carbonyl (C=O) groups is 1. The minimum atomic E-state index is -0.709. The van der Waals surface area contributed by atoms with Crippen LogP contribution < -0.4 is 20.3 Å². The molecule has 1 N–H and O–H groups in total. The molecule has 0 aliphatic rings. The maximum atomic E-state index is 13.8. The normalized spacial score (nSPS) is 11.3. The van der Waals surface area contributed by atoms with E-state index in [1.807, 2.05) is 32.9 Å². The highest BCUT2D eigenvalue weighted by Gasteiger charge is 2.22. The third kappa shape index (κ3) is 7.12. The van der Waals surface area contributed by atoms with Crippen molar-refractivity contribution < 1.29 is 23.6 Å². The Morgan fingerprint density at radius 3 is 2.55 bits per heavy atom. The first kappa shape index (κ1) is 32.8. The fourth-order valence-electron chi connectivity index (χ4n) is 4.92. The summed E-state index contributed by atoms with van der Waals surface area (Å²) < 4.78 is 25.3. The Hall–Kier alpha value is -5.62. The third-order valence-electron chi connectivity index (χ3n) is 7.23. The van der Waals surface area contributed by atoms with E-state index in [0.717, 1.165) is 21.9 Å². The molecule has 1 aromatic heterocycles. The van der Waals surface area contributed by atoms with E-state index in [0.29, 0.717) is 27.9 Å². The molecule has 0 fully saturated rings. The minimum Gasteiger partial charge on any atom is -0.496 e. The Labute approximate surface area is 273 Å². The van der Waals surface area contributed by atoms with Crippen molar-refractivity contribution in [2.45, 2.75) is 26.7 Å². The number of ether oxygens (including phenoxy) is 2. The summed E-state index contributed by atoms with van der Waals surface area (Å²) in [6, 6.07) is 18.3. The fraction of sp³-hybridized carbons (Fsp3) is 0.176. The van der Waals surface area contributed by atoms with Crippen molar-refractivity contribution in [1.82, 2.24) is 9.66 Å². The van der Waals surface area contributed by atoms with Gasteiger partial charge in [-0.05, 0) is 78.6 Å². The lowest BCUT2D eigenvalue weighted by Gasteiger charge is -2.17. The molecule has 0 atom stereocenters. The van der Waals surface area contributed by atoms with Crippen LogP contribution in [0.4, 0.5) is 15.8 Å². The second-order valence-corrected chi connectivity index (χ2v) is 11.2. The van der Waals surface area contributed by atoms with Crippen LogP contribution in [0.5, 0.6) is 11.5 Å². The molecule has 1 amide bonds. The first-order valence-electron chi connectivity index (χ1n) is 14.4. The van der Waals surface area contributed by atoms with Crippen molar-refractivity contribution in [3.63, 3.8) is 0 Å². The number of rotatable bonds is 10. The summed E-state index contributed by atoms with van der Waals surface area (Å²) in [5, 5.41) is 19.1. The summed E-state index contributed by atoms with van der Waals surface area (Å²) in [4.78, 5) is 42.2. The number of amides is 1. The number of benzene rings is 4. The quantitative estimate of drug-likeness (QED) is 0.0960. The molecule has 13 heteroatoms. The van der Waals surface area contributed by atoms with Crippen LogP contribution in [0.2, 0.25) is 5.02 Å². The molecule has 5 rings (SSSR count). The van der Waals surface area contributed by atoms with E-state index in [9.17, 15) is 24.1 Å². The van der Waals surface area contributed by atoms with Gasteiger partial charge in [0.1, 0.15) is 11.6 Å². The molecule has 0 aliphatic heterocycles. The van der Waals surface area contributed by atoms with Crippen LogP contribution in [0.3, 0.4) is 0 Å². The lowest BCUT2D eigenvalue weighted by molar-refractivity contribution is -0.385. The largest absolute Gasteiger partial charge is 0.496 e. The van der Waals surface area contributed by atoms with E-state index < -0.39 is 34.5 Å². The minimum absolute atomic E-state index is 0.103. The molecule has 0 radical (unpaired) electrons. The molecule has 0 unspecified atom stereocenters. The van der Waals surface area contributed by atoms with Gasteiger partial charge in [0, 0.05) is 22.9 Å². The number of hydrogen-bond donors (Lipinski definition) is 1. The fourth-order valence-corrected chi connectivity index (χ4v) is 5.19. The number of aromatic nitrogens is 2. The molecular formula is C34H29ClFN5O6. The van der Waals surface area contributed by atoms with Gasteiger partial charge in [0.25, 0.3) is 11.5 Å². The van der Waals surface area contributed by atoms with Gasteiger partial charge in [-0.25, -0.2) is 9.37 Å². The van der Waals surface area contributed by atoms with Crippen molar-refractivity contribution in [1.29, 1.82) is 0 Å². The highest BCUT2D eigenvalue weighted by atomic mass is 35.5. The number of halogens is 2. The number of anilines is 1. The van der Waals surface area contributed by atoms with Gasteiger partial charge in [-0.1, -0.05) is 37.6 Å². The Bertz CT molecular complexity index is 2100. The highest BCUT2D eigenvalue weighted by molar-refractivity contribution is 6.32. The summed E-state index contributed by atoms with van der Waals surface area (Å²) in [6.07, 6.45) is 1.26. The van der Waals surface area contributed by atoms with Crippen LogP contribution in [0.15, 0.2) is 82.7 Å². The second-order valence-electron chi connectivity index (χ2n) is 10.8. The smallest absolute Gasteiger partial charge is 0.313 e. The summed E-state index contributed by atoms with van der Waals surface area (Å²) in [5.41, 5.74) is 2.36. The molecule has 0 aliphatic carbocycles. The number of hydrogen-bond acceptors (Lipinski definition) is 8. The molecular weight excluding hydrogens is 629 g/mol. The Morgan fingerprint density at radius 2 is 1.87 bits per heavy atom. The molecule has 1 heterocycles. The van der Waals surface area contributed by atoms with Crippen molar-refractivity contribution in [2.75, 3.05) is 19.0 Å². The number of aryl methyl sites for hydroxylation is 1. The summed E-state index contributed by atoms with van der Waals surface area (Å²) in [7, 11) is 1.60. The average Bonchev–Trinajstić information content (AvgIpc) is 3.04. The number of carbonyl (C=O) groups excluding carboxylic acids is 1. The first-order chi connectivity index (χ1) is 22.5. The zero-order valence-corrected chi connectivity index (χ0v) is 26.5. The van der Waals surface area contributed by atoms with E-state index in [1.165, 1.54) is 36.5 Å². The van der Waals surface area contributed by atoms with Gasteiger partial charge in [0.2, 0.25) is 5.75 Å². The van der Waals surface area contributed by atoms with E-state index >= 15 is 0 Å². The van der Waals surface area contributed by atoms with Gasteiger partial charge in [0.15, 0.2) is 12.4 Å². The maximum absolute atomic E-state index is 13.8. The van der Waals surface area contributed by atoms with Crippen LogP contribution >= 0.6 is 11.6 Å². The molecule has 5 aromatic rings. The monoisotopic (exact) mass is 657 g/mol. The van der Waals surface area contributed by atoms with Gasteiger partial charge < -0.3 is 14.8 Å². The predicted octanol–water partition coefficient (Wildman–Crippen LogP) is 7.10. The molecule has 0 spiro atoms. The van der Waals surface area contributed by atoms with E-state index in [4.69, 9.17) is 26.1 Å². The van der Waals surface area contributed by atoms with Crippen LogP contribution in [0.1, 0.15) is 36.5 Å². The van der Waals surface area contributed by atoms with Crippen LogP contribution in [0.25, 0.3) is 22.3 Å². The van der Waals surface area contributed by atoms with Crippen molar-refractivity contribution in [3.05, 3.63) is 121 Å².